The van der Waals surface area contributed by atoms with Crippen molar-refractivity contribution in [3.05, 3.63) is 59.5 Å². The number of nitrogens with zero attached hydrogens (tertiary/aromatic N) is 1. The lowest BCUT2D eigenvalue weighted by Crippen LogP contribution is -1.89. The Kier molecular flexibility index (Phi) is 3.28. The molecule has 0 atom stereocenters. The molecule has 2 nitrogen and oxygen atoms in total. The largest absolute Gasteiger partial charge is 0.494 e. The van der Waals surface area contributed by atoms with Gasteiger partial charge < -0.3 is 4.74 Å². The molecular formula is C16H11ClFNO. The fraction of sp³-hybridized carbons (Fsp3) is 0.0625. The van der Waals surface area contributed by atoms with Crippen molar-refractivity contribution in [1.29, 1.82) is 0 Å². The van der Waals surface area contributed by atoms with Crippen molar-refractivity contribution < 1.29 is 9.13 Å². The van der Waals surface area contributed by atoms with E-state index in [1.807, 2.05) is 18.2 Å². The predicted octanol–water partition coefficient (Wildman–Crippen LogP) is 4.70. The molecule has 3 aromatic rings. The number of rotatable bonds is 2. The van der Waals surface area contributed by atoms with Crippen LogP contribution in [0.15, 0.2) is 48.7 Å². The lowest BCUT2D eigenvalue weighted by atomic mass is 10.1. The lowest BCUT2D eigenvalue weighted by Gasteiger charge is -2.06. The number of methoxy groups -OCH3 is 1. The van der Waals surface area contributed by atoms with Crippen LogP contribution >= 0.6 is 11.6 Å². The van der Waals surface area contributed by atoms with Crippen molar-refractivity contribution in [2.24, 2.45) is 0 Å². The van der Waals surface area contributed by atoms with Crippen LogP contribution in [0.5, 0.6) is 5.75 Å². The molecule has 1 aromatic heterocycles. The summed E-state index contributed by atoms with van der Waals surface area (Å²) in [6, 6.07) is 12.3. The minimum atomic E-state index is -0.388. The number of halogens is 2. The van der Waals surface area contributed by atoms with Crippen molar-refractivity contribution in [2.45, 2.75) is 0 Å². The number of hydrogen-bond donors (Lipinski definition) is 0. The third-order valence-corrected chi connectivity index (χ3v) is 3.37. The molecular weight excluding hydrogens is 277 g/mol. The summed E-state index contributed by atoms with van der Waals surface area (Å²) in [5.41, 5.74) is 2.42. The second-order valence-corrected chi connectivity index (χ2v) is 4.85. The Labute approximate surface area is 120 Å². The minimum absolute atomic E-state index is 0.231. The summed E-state index contributed by atoms with van der Waals surface area (Å²) in [5, 5.41) is 1.61. The van der Waals surface area contributed by atoms with E-state index in [0.717, 1.165) is 22.0 Å². The summed E-state index contributed by atoms with van der Waals surface area (Å²) >= 11 is 5.93. The van der Waals surface area contributed by atoms with E-state index in [-0.39, 0.29) is 11.6 Å². The maximum atomic E-state index is 13.7. The summed E-state index contributed by atoms with van der Waals surface area (Å²) in [6.45, 7) is 0. The monoisotopic (exact) mass is 287 g/mol. The van der Waals surface area contributed by atoms with Gasteiger partial charge in [0.05, 0.1) is 12.6 Å². The zero-order valence-electron chi connectivity index (χ0n) is 10.7. The second-order valence-electron chi connectivity index (χ2n) is 4.41. The molecule has 1 heterocycles. The molecule has 0 aliphatic rings. The topological polar surface area (TPSA) is 22.1 Å². The Bertz CT molecular complexity index is 789. The molecule has 0 saturated carbocycles. The SMILES string of the molecule is COc1ccc(-c2cnc3cc(Cl)ccc3c2)cc1F. The van der Waals surface area contributed by atoms with Crippen LogP contribution in [0.1, 0.15) is 0 Å². The number of pyridine rings is 1. The molecule has 20 heavy (non-hydrogen) atoms. The minimum Gasteiger partial charge on any atom is -0.494 e. The van der Waals surface area contributed by atoms with E-state index in [0.29, 0.717) is 5.02 Å². The number of hydrogen-bond acceptors (Lipinski definition) is 2. The number of aromatic nitrogens is 1. The molecule has 3 rings (SSSR count). The third kappa shape index (κ3) is 2.32. The van der Waals surface area contributed by atoms with Crippen molar-refractivity contribution in [1.82, 2.24) is 4.98 Å². The summed E-state index contributed by atoms with van der Waals surface area (Å²) in [7, 11) is 1.44. The fourth-order valence-electron chi connectivity index (χ4n) is 2.10. The van der Waals surface area contributed by atoms with Crippen LogP contribution in [-0.4, -0.2) is 12.1 Å². The molecule has 0 aliphatic heterocycles. The molecule has 4 heteroatoms. The van der Waals surface area contributed by atoms with Crippen molar-refractivity contribution in [2.75, 3.05) is 7.11 Å². The third-order valence-electron chi connectivity index (χ3n) is 3.13. The number of fused-ring (bicyclic) bond motifs is 1. The van der Waals surface area contributed by atoms with Gasteiger partial charge in [0, 0.05) is 22.2 Å². The zero-order valence-corrected chi connectivity index (χ0v) is 11.5. The maximum absolute atomic E-state index is 13.7. The summed E-state index contributed by atoms with van der Waals surface area (Å²) in [4.78, 5) is 4.35. The van der Waals surface area contributed by atoms with Gasteiger partial charge in [0.1, 0.15) is 0 Å². The standard InChI is InChI=1S/C16H11ClFNO/c1-20-16-5-3-10(7-14(16)18)12-6-11-2-4-13(17)8-15(11)19-9-12/h2-9H,1H3. The average Bonchev–Trinajstić information content (AvgIpc) is 2.46. The normalized spacial score (nSPS) is 10.8. The van der Waals surface area contributed by atoms with Gasteiger partial charge in [-0.25, -0.2) is 4.39 Å². The first-order chi connectivity index (χ1) is 9.67. The highest BCUT2D eigenvalue weighted by atomic mass is 35.5. The van der Waals surface area contributed by atoms with Gasteiger partial charge in [-0.2, -0.15) is 0 Å². The van der Waals surface area contributed by atoms with Crippen molar-refractivity contribution >= 4 is 22.5 Å². The highest BCUT2D eigenvalue weighted by Crippen LogP contribution is 2.27. The first kappa shape index (κ1) is 12.9. The first-order valence-corrected chi connectivity index (χ1v) is 6.44. The molecule has 0 bridgehead atoms. The summed E-state index contributed by atoms with van der Waals surface area (Å²) in [5.74, 6) is -0.157. The Morgan fingerprint density at radius 3 is 2.65 bits per heavy atom. The molecule has 0 fully saturated rings. The smallest absolute Gasteiger partial charge is 0.165 e. The maximum Gasteiger partial charge on any atom is 0.165 e. The van der Waals surface area contributed by atoms with Crippen LogP contribution in [0.25, 0.3) is 22.0 Å². The second kappa shape index (κ2) is 5.10. The van der Waals surface area contributed by atoms with Crippen molar-refractivity contribution in [3.8, 4) is 16.9 Å². The lowest BCUT2D eigenvalue weighted by molar-refractivity contribution is 0.386. The molecule has 100 valence electrons. The average molecular weight is 288 g/mol. The number of ether oxygens (including phenoxy) is 1. The molecule has 0 N–H and O–H groups in total. The molecule has 2 aromatic carbocycles. The van der Waals surface area contributed by atoms with Crippen LogP contribution in [0, 0.1) is 5.82 Å². The summed E-state index contributed by atoms with van der Waals surface area (Å²) < 4.78 is 18.7. The zero-order chi connectivity index (χ0) is 14.1. The quantitative estimate of drug-likeness (QED) is 0.681. The van der Waals surface area contributed by atoms with Gasteiger partial charge in [-0.15, -0.1) is 0 Å². The van der Waals surface area contributed by atoms with Gasteiger partial charge in [0.25, 0.3) is 0 Å². The Morgan fingerprint density at radius 2 is 1.90 bits per heavy atom. The van der Waals surface area contributed by atoms with Crippen LogP contribution in [0.2, 0.25) is 5.02 Å². The van der Waals surface area contributed by atoms with Gasteiger partial charge in [0.15, 0.2) is 11.6 Å². The van der Waals surface area contributed by atoms with E-state index in [2.05, 4.69) is 4.98 Å². The summed E-state index contributed by atoms with van der Waals surface area (Å²) in [6.07, 6.45) is 1.71. The van der Waals surface area contributed by atoms with Gasteiger partial charge in [-0.05, 0) is 35.9 Å². The molecule has 0 radical (unpaired) electrons. The van der Waals surface area contributed by atoms with Crippen LogP contribution in [0.3, 0.4) is 0 Å². The molecule has 0 spiro atoms. The van der Waals surface area contributed by atoms with Gasteiger partial charge in [-0.1, -0.05) is 23.7 Å². The van der Waals surface area contributed by atoms with E-state index in [9.17, 15) is 4.39 Å². The Hall–Kier alpha value is -2.13. The van der Waals surface area contributed by atoms with E-state index in [1.54, 1.807) is 24.4 Å². The van der Waals surface area contributed by atoms with E-state index >= 15 is 0 Å². The fourth-order valence-corrected chi connectivity index (χ4v) is 2.26. The van der Waals surface area contributed by atoms with Crippen molar-refractivity contribution in [3.63, 3.8) is 0 Å². The van der Waals surface area contributed by atoms with Gasteiger partial charge >= 0.3 is 0 Å². The highest BCUT2D eigenvalue weighted by Gasteiger charge is 2.06. The van der Waals surface area contributed by atoms with Crippen LogP contribution in [-0.2, 0) is 0 Å². The number of benzene rings is 2. The van der Waals surface area contributed by atoms with Crippen LogP contribution < -0.4 is 4.74 Å². The molecule has 0 amide bonds. The van der Waals surface area contributed by atoms with Gasteiger partial charge in [-0.3, -0.25) is 4.98 Å². The van der Waals surface area contributed by atoms with E-state index < -0.39 is 0 Å². The van der Waals surface area contributed by atoms with Crippen LogP contribution in [0.4, 0.5) is 4.39 Å². The molecule has 0 saturated heterocycles. The molecule has 0 unspecified atom stereocenters. The van der Waals surface area contributed by atoms with E-state index in [1.165, 1.54) is 13.2 Å². The first-order valence-electron chi connectivity index (χ1n) is 6.06. The Morgan fingerprint density at radius 1 is 1.05 bits per heavy atom. The highest BCUT2D eigenvalue weighted by molar-refractivity contribution is 6.31. The molecule has 0 aliphatic carbocycles. The van der Waals surface area contributed by atoms with Gasteiger partial charge in [0.2, 0.25) is 0 Å². The predicted molar refractivity (Wildman–Crippen MR) is 78.7 cm³/mol. The van der Waals surface area contributed by atoms with E-state index in [4.69, 9.17) is 16.3 Å². The Balaban J connectivity index is 2.10.